The van der Waals surface area contributed by atoms with Gasteiger partial charge in [0.2, 0.25) is 18.0 Å². The van der Waals surface area contributed by atoms with Crippen molar-refractivity contribution in [2.75, 3.05) is 13.7 Å². The van der Waals surface area contributed by atoms with Crippen LogP contribution in [0.5, 0.6) is 17.2 Å². The van der Waals surface area contributed by atoms with Crippen LogP contribution >= 0.6 is 0 Å². The molecule has 11 nitrogen and oxygen atoms in total. The molecule has 0 N–H and O–H groups in total. The average Bonchev–Trinajstić information content (AvgIpc) is 3.17. The van der Waals surface area contributed by atoms with Crippen molar-refractivity contribution in [3.8, 4) is 17.2 Å². The molecule has 1 aliphatic heterocycles. The molecule has 0 radical (unpaired) electrons. The molecule has 32 heavy (non-hydrogen) atoms. The second kappa shape index (κ2) is 9.33. The summed E-state index contributed by atoms with van der Waals surface area (Å²) in [6.07, 6.45) is -0.942. The molecule has 0 aliphatic carbocycles. The minimum absolute atomic E-state index is 0.0496. The number of rotatable bonds is 7. The molecule has 0 bridgehead atoms. The largest absolute Gasteiger partial charge is 0.493 e. The molecular formula is C21H21N3O8. The van der Waals surface area contributed by atoms with Gasteiger partial charge in [-0.15, -0.1) is 5.10 Å². The van der Waals surface area contributed by atoms with E-state index in [4.69, 9.17) is 18.9 Å². The Morgan fingerprint density at radius 3 is 2.50 bits per heavy atom. The fourth-order valence-corrected chi connectivity index (χ4v) is 2.96. The van der Waals surface area contributed by atoms with Crippen LogP contribution in [0.4, 0.5) is 5.69 Å². The summed E-state index contributed by atoms with van der Waals surface area (Å²) in [5.41, 5.74) is 0.987. The van der Waals surface area contributed by atoms with E-state index in [0.717, 1.165) is 5.01 Å². The first-order valence-corrected chi connectivity index (χ1v) is 9.49. The Morgan fingerprint density at radius 2 is 1.88 bits per heavy atom. The minimum atomic E-state index is -0.942. The van der Waals surface area contributed by atoms with Crippen LogP contribution in [0.1, 0.15) is 25.0 Å². The van der Waals surface area contributed by atoms with Crippen LogP contribution in [0.3, 0.4) is 0 Å². The Balaban J connectivity index is 1.80. The van der Waals surface area contributed by atoms with Gasteiger partial charge < -0.3 is 18.9 Å². The lowest BCUT2D eigenvalue weighted by Gasteiger charge is -2.19. The molecule has 1 heterocycles. The van der Waals surface area contributed by atoms with Gasteiger partial charge in [-0.3, -0.25) is 19.7 Å². The number of ether oxygens (including phenoxy) is 4. The molecular weight excluding hydrogens is 422 g/mol. The smallest absolute Gasteiger partial charge is 0.311 e. The number of hydrazone groups is 1. The van der Waals surface area contributed by atoms with Gasteiger partial charge in [0, 0.05) is 25.5 Å². The highest BCUT2D eigenvalue weighted by molar-refractivity contribution is 5.97. The molecule has 2 aromatic carbocycles. The Bertz CT molecular complexity index is 1100. The summed E-state index contributed by atoms with van der Waals surface area (Å²) >= 11 is 0. The maximum Gasteiger partial charge on any atom is 0.311 e. The zero-order chi connectivity index (χ0) is 23.4. The van der Waals surface area contributed by atoms with Gasteiger partial charge in [-0.2, -0.15) is 5.01 Å². The molecule has 0 fully saturated rings. The highest BCUT2D eigenvalue weighted by atomic mass is 16.6. The Kier molecular flexibility index (Phi) is 6.57. The van der Waals surface area contributed by atoms with E-state index >= 15 is 0 Å². The number of hydrogen-bond donors (Lipinski definition) is 0. The summed E-state index contributed by atoms with van der Waals surface area (Å²) in [6, 6.07) is 9.21. The monoisotopic (exact) mass is 443 g/mol. The average molecular weight is 443 g/mol. The molecule has 0 saturated heterocycles. The van der Waals surface area contributed by atoms with Crippen molar-refractivity contribution in [3.05, 3.63) is 57.6 Å². The van der Waals surface area contributed by atoms with Crippen molar-refractivity contribution >= 4 is 23.5 Å². The standard InChI is InChI=1S/C21H21N3O8/c1-12-5-7-17(16(9-12)24(27)28)30-11-20-23(13(2)25)22-21(32-20)15-6-8-18(31-14(3)26)19(10-15)29-4/h5-10,20H,11H2,1-4H3. The number of nitro groups is 1. The van der Waals surface area contributed by atoms with Crippen LogP contribution in [-0.4, -0.2) is 47.7 Å². The molecule has 0 spiro atoms. The number of methoxy groups -OCH3 is 1. The van der Waals surface area contributed by atoms with E-state index in [-0.39, 0.29) is 35.4 Å². The van der Waals surface area contributed by atoms with Crippen molar-refractivity contribution in [2.45, 2.75) is 27.0 Å². The molecule has 1 atom stereocenters. The third-order valence-corrected chi connectivity index (χ3v) is 4.40. The molecule has 1 aliphatic rings. The van der Waals surface area contributed by atoms with Gasteiger partial charge in [-0.25, -0.2) is 0 Å². The molecule has 11 heteroatoms. The summed E-state index contributed by atoms with van der Waals surface area (Å²) in [5, 5.41) is 16.6. The van der Waals surface area contributed by atoms with Gasteiger partial charge in [0.05, 0.1) is 12.0 Å². The number of benzene rings is 2. The van der Waals surface area contributed by atoms with Gasteiger partial charge >= 0.3 is 11.7 Å². The van der Waals surface area contributed by atoms with E-state index < -0.39 is 23.0 Å². The Morgan fingerprint density at radius 1 is 1.16 bits per heavy atom. The number of nitrogens with zero attached hydrogens (tertiary/aromatic N) is 3. The van der Waals surface area contributed by atoms with Gasteiger partial charge in [0.15, 0.2) is 17.2 Å². The summed E-state index contributed by atoms with van der Waals surface area (Å²) in [4.78, 5) is 34.0. The van der Waals surface area contributed by atoms with Gasteiger partial charge in [0.25, 0.3) is 0 Å². The lowest BCUT2D eigenvalue weighted by molar-refractivity contribution is -0.386. The van der Waals surface area contributed by atoms with E-state index in [1.807, 2.05) is 0 Å². The zero-order valence-corrected chi connectivity index (χ0v) is 17.9. The summed E-state index contributed by atoms with van der Waals surface area (Å²) in [6.45, 7) is 4.11. The van der Waals surface area contributed by atoms with Crippen LogP contribution in [0.15, 0.2) is 41.5 Å². The normalized spacial score (nSPS) is 14.9. The zero-order valence-electron chi connectivity index (χ0n) is 17.9. The summed E-state index contributed by atoms with van der Waals surface area (Å²) < 4.78 is 21.7. The lowest BCUT2D eigenvalue weighted by atomic mass is 10.2. The molecule has 0 aromatic heterocycles. The van der Waals surface area contributed by atoms with Crippen LogP contribution in [-0.2, 0) is 14.3 Å². The first-order chi connectivity index (χ1) is 15.2. The Hall–Kier alpha value is -4.15. The van der Waals surface area contributed by atoms with Crippen LogP contribution in [0, 0.1) is 17.0 Å². The fraction of sp³-hybridized carbons (Fsp3) is 0.286. The molecule has 2 aromatic rings. The molecule has 3 rings (SSSR count). The van der Waals surface area contributed by atoms with Gasteiger partial charge in [-0.05, 0) is 36.8 Å². The second-order valence-electron chi connectivity index (χ2n) is 6.84. The number of aryl methyl sites for hydroxylation is 1. The van der Waals surface area contributed by atoms with E-state index in [2.05, 4.69) is 5.10 Å². The first kappa shape index (κ1) is 22.5. The minimum Gasteiger partial charge on any atom is -0.493 e. The molecule has 1 amide bonds. The number of carbonyl (C=O) groups excluding carboxylic acids is 2. The number of amides is 1. The third kappa shape index (κ3) is 4.94. The summed E-state index contributed by atoms with van der Waals surface area (Å²) in [7, 11) is 1.41. The highest BCUT2D eigenvalue weighted by Gasteiger charge is 2.33. The topological polar surface area (TPSA) is 130 Å². The van der Waals surface area contributed by atoms with Crippen molar-refractivity contribution in [3.63, 3.8) is 0 Å². The van der Waals surface area contributed by atoms with Gasteiger partial charge in [-0.1, -0.05) is 6.07 Å². The highest BCUT2D eigenvalue weighted by Crippen LogP contribution is 2.31. The van der Waals surface area contributed by atoms with E-state index in [1.165, 1.54) is 39.2 Å². The van der Waals surface area contributed by atoms with Crippen molar-refractivity contribution in [1.82, 2.24) is 5.01 Å². The molecule has 168 valence electrons. The van der Waals surface area contributed by atoms with Crippen LogP contribution in [0.2, 0.25) is 0 Å². The fourth-order valence-electron chi connectivity index (χ4n) is 2.96. The van der Waals surface area contributed by atoms with E-state index in [0.29, 0.717) is 11.1 Å². The Labute approximate surface area is 183 Å². The SMILES string of the molecule is COc1cc(C2=NN(C(C)=O)C(COc3ccc(C)cc3[N+](=O)[O-])O2)ccc1OC(C)=O. The predicted octanol–water partition coefficient (Wildman–Crippen LogP) is 2.78. The summed E-state index contributed by atoms with van der Waals surface area (Å²) in [5.74, 6) is -0.259. The quantitative estimate of drug-likeness (QED) is 0.276. The molecule has 0 saturated carbocycles. The number of carbonyl (C=O) groups is 2. The maximum atomic E-state index is 12.1. The van der Waals surface area contributed by atoms with Crippen molar-refractivity contribution in [1.29, 1.82) is 0 Å². The number of esters is 1. The molecule has 1 unspecified atom stereocenters. The maximum absolute atomic E-state index is 12.1. The third-order valence-electron chi connectivity index (χ3n) is 4.40. The van der Waals surface area contributed by atoms with Crippen LogP contribution < -0.4 is 14.2 Å². The van der Waals surface area contributed by atoms with Crippen molar-refractivity contribution in [2.24, 2.45) is 5.10 Å². The number of hydrogen-bond acceptors (Lipinski definition) is 9. The second-order valence-corrected chi connectivity index (χ2v) is 6.84. The van der Waals surface area contributed by atoms with E-state index in [9.17, 15) is 19.7 Å². The van der Waals surface area contributed by atoms with Gasteiger partial charge in [0.1, 0.15) is 6.61 Å². The first-order valence-electron chi connectivity index (χ1n) is 9.49. The lowest BCUT2D eigenvalue weighted by Crippen LogP contribution is -2.36. The number of nitro benzene ring substituents is 1. The van der Waals surface area contributed by atoms with E-state index in [1.54, 1.807) is 25.1 Å². The van der Waals surface area contributed by atoms with Crippen LogP contribution in [0.25, 0.3) is 0 Å². The predicted molar refractivity (Wildman–Crippen MR) is 112 cm³/mol. The van der Waals surface area contributed by atoms with Crippen molar-refractivity contribution < 1.29 is 33.5 Å².